The van der Waals surface area contributed by atoms with Crippen LogP contribution in [0, 0.1) is 0 Å². The number of nitrogens with zero attached hydrogens (tertiary/aromatic N) is 5. The van der Waals surface area contributed by atoms with Crippen LogP contribution in [0.1, 0.15) is 34.8 Å². The molecule has 17 heteroatoms. The summed E-state index contributed by atoms with van der Waals surface area (Å²) in [6, 6.07) is 7.97. The number of benzene rings is 1. The van der Waals surface area contributed by atoms with Gasteiger partial charge in [-0.05, 0) is 62.0 Å². The number of carbonyl (C=O) groups excluding carboxylic acids is 1. The number of hydrogen-bond donors (Lipinski definition) is 1. The van der Waals surface area contributed by atoms with Crippen LogP contribution in [0.3, 0.4) is 0 Å². The van der Waals surface area contributed by atoms with Crippen LogP contribution in [0.4, 0.5) is 18.3 Å². The van der Waals surface area contributed by atoms with Gasteiger partial charge in [0.2, 0.25) is 0 Å². The van der Waals surface area contributed by atoms with Crippen LogP contribution in [0.15, 0.2) is 68.9 Å². The molecule has 3 aromatic heterocycles. The highest BCUT2D eigenvalue weighted by Gasteiger charge is 2.30. The highest BCUT2D eigenvalue weighted by atomic mass is 32.2. The van der Waals surface area contributed by atoms with E-state index in [1.807, 2.05) is 0 Å². The minimum Gasteiger partial charge on any atom is -0.311 e. The molecule has 0 radical (unpaired) electrons. The van der Waals surface area contributed by atoms with Crippen LogP contribution in [-0.2, 0) is 33.0 Å². The molecule has 0 spiro atoms. The van der Waals surface area contributed by atoms with Crippen molar-refractivity contribution in [2.75, 3.05) is 18.5 Å². The van der Waals surface area contributed by atoms with Gasteiger partial charge in [-0.1, -0.05) is 11.8 Å². The van der Waals surface area contributed by atoms with Crippen molar-refractivity contribution >= 4 is 53.5 Å². The van der Waals surface area contributed by atoms with Gasteiger partial charge >= 0.3 is 13.8 Å². The average Bonchev–Trinajstić information content (AvgIpc) is 3.52. The maximum absolute atomic E-state index is 13.4. The molecule has 0 bridgehead atoms. The van der Waals surface area contributed by atoms with Gasteiger partial charge in [0.1, 0.15) is 17.0 Å². The van der Waals surface area contributed by atoms with Crippen molar-refractivity contribution in [3.05, 3.63) is 65.1 Å². The second-order valence-corrected chi connectivity index (χ2v) is 13.4. The largest absolute Gasteiger partial charge is 0.416 e. The van der Waals surface area contributed by atoms with Crippen LogP contribution in [0.2, 0.25) is 0 Å². The third kappa shape index (κ3) is 8.40. The molecular formula is C24H24F3N6O4PS3. The van der Waals surface area contributed by atoms with Crippen molar-refractivity contribution < 1.29 is 31.6 Å². The summed E-state index contributed by atoms with van der Waals surface area (Å²) in [7, 11) is -1.60. The summed E-state index contributed by atoms with van der Waals surface area (Å²) in [5.41, 5.74) is -0.737. The summed E-state index contributed by atoms with van der Waals surface area (Å²) < 4.78 is 64.2. The number of pyridine rings is 1. The first-order valence-electron chi connectivity index (χ1n) is 12.0. The van der Waals surface area contributed by atoms with E-state index in [0.29, 0.717) is 24.9 Å². The van der Waals surface area contributed by atoms with E-state index in [4.69, 9.17) is 9.05 Å². The molecule has 0 atom stereocenters. The van der Waals surface area contributed by atoms with Crippen LogP contribution in [-0.4, -0.2) is 43.9 Å². The second kappa shape index (κ2) is 13.5. The quantitative estimate of drug-likeness (QED) is 0.161. The zero-order chi connectivity index (χ0) is 29.6. The first kappa shape index (κ1) is 31.2. The van der Waals surface area contributed by atoms with Gasteiger partial charge in [-0.15, -0.1) is 21.5 Å². The molecule has 0 unspecified atom stereocenters. The fourth-order valence-electron chi connectivity index (χ4n) is 3.34. The standard InChI is InChI=1S/C24H24F3N6O4PS3/c1-4-36-38(35,37-5-2)13-17-12-28-22(40-17)31-21(34)20-18(39-16-8-6-15(7-9-16)24(25,26)27)10-11-19(30-20)41-23-32-29-14-33(23)3/h6-12,14H,4-5,13H2,1-3H3,(H,28,31,34). The smallest absolute Gasteiger partial charge is 0.311 e. The molecule has 0 aliphatic heterocycles. The number of carbonyl (C=O) groups is 1. The summed E-state index contributed by atoms with van der Waals surface area (Å²) >= 11 is 3.40. The molecule has 41 heavy (non-hydrogen) atoms. The Hall–Kier alpha value is -2.75. The predicted molar refractivity (Wildman–Crippen MR) is 150 cm³/mol. The Morgan fingerprint density at radius 2 is 1.80 bits per heavy atom. The molecule has 0 saturated heterocycles. The number of thiazole rings is 1. The fourth-order valence-corrected chi connectivity index (χ4v) is 7.81. The van der Waals surface area contributed by atoms with Gasteiger partial charge in [0.25, 0.3) is 5.91 Å². The van der Waals surface area contributed by atoms with E-state index in [9.17, 15) is 22.5 Å². The molecule has 3 heterocycles. The number of amides is 1. The van der Waals surface area contributed by atoms with Gasteiger partial charge in [0.15, 0.2) is 10.3 Å². The molecule has 218 valence electrons. The Morgan fingerprint density at radius 3 is 2.41 bits per heavy atom. The summed E-state index contributed by atoms with van der Waals surface area (Å²) in [4.78, 5) is 23.6. The third-order valence-electron chi connectivity index (χ3n) is 5.10. The molecule has 1 N–H and O–H groups in total. The molecule has 4 rings (SSSR count). The Balaban J connectivity index is 1.59. The van der Waals surface area contributed by atoms with E-state index in [-0.39, 0.29) is 30.2 Å². The molecule has 0 aliphatic carbocycles. The first-order chi connectivity index (χ1) is 19.5. The van der Waals surface area contributed by atoms with E-state index in [1.165, 1.54) is 36.4 Å². The SMILES string of the molecule is CCOP(=O)(Cc1cnc(NC(=O)c2nc(Sc3nncn3C)ccc2Sc2ccc(C(F)(F)F)cc2)s1)OCC. The Bertz CT molecular complexity index is 1540. The number of hydrogen-bond acceptors (Lipinski definition) is 11. The number of nitrogens with one attached hydrogen (secondary N) is 1. The molecule has 1 aromatic carbocycles. The fraction of sp³-hybridized carbons (Fsp3) is 0.292. The summed E-state index contributed by atoms with van der Waals surface area (Å²) in [6.07, 6.45) is -1.45. The second-order valence-electron chi connectivity index (χ2n) is 8.14. The van der Waals surface area contributed by atoms with Crippen LogP contribution >= 0.6 is 42.5 Å². The van der Waals surface area contributed by atoms with Gasteiger partial charge in [-0.2, -0.15) is 13.2 Å². The lowest BCUT2D eigenvalue weighted by Gasteiger charge is -2.15. The number of rotatable bonds is 12. The van der Waals surface area contributed by atoms with E-state index in [0.717, 1.165) is 35.2 Å². The normalized spacial score (nSPS) is 12.0. The van der Waals surface area contributed by atoms with Crippen molar-refractivity contribution in [2.24, 2.45) is 7.05 Å². The third-order valence-corrected chi connectivity index (χ3v) is 10.3. The predicted octanol–water partition coefficient (Wildman–Crippen LogP) is 7.01. The summed E-state index contributed by atoms with van der Waals surface area (Å²) in [5, 5.41) is 11.8. The number of alkyl halides is 3. The first-order valence-corrected chi connectivity index (χ1v) is 16.2. The Labute approximate surface area is 246 Å². The van der Waals surface area contributed by atoms with Gasteiger partial charge < -0.3 is 13.6 Å². The van der Waals surface area contributed by atoms with Crippen molar-refractivity contribution in [2.45, 2.75) is 46.2 Å². The van der Waals surface area contributed by atoms with Crippen LogP contribution in [0.25, 0.3) is 0 Å². The topological polar surface area (TPSA) is 121 Å². The highest BCUT2D eigenvalue weighted by molar-refractivity contribution is 7.99. The lowest BCUT2D eigenvalue weighted by Crippen LogP contribution is -2.15. The Morgan fingerprint density at radius 1 is 1.10 bits per heavy atom. The molecule has 1 amide bonds. The van der Waals surface area contributed by atoms with Gasteiger partial charge in [0, 0.05) is 27.9 Å². The summed E-state index contributed by atoms with van der Waals surface area (Å²) in [6.45, 7) is 3.86. The van der Waals surface area contributed by atoms with Gasteiger partial charge in [-0.3, -0.25) is 14.7 Å². The van der Waals surface area contributed by atoms with Crippen LogP contribution < -0.4 is 5.32 Å². The number of aromatic nitrogens is 5. The molecule has 0 aliphatic rings. The summed E-state index contributed by atoms with van der Waals surface area (Å²) in [5.74, 6) is -0.585. The molecule has 0 fully saturated rings. The van der Waals surface area contributed by atoms with E-state index >= 15 is 0 Å². The van der Waals surface area contributed by atoms with Crippen LogP contribution in [0.5, 0.6) is 0 Å². The maximum Gasteiger partial charge on any atom is 0.416 e. The van der Waals surface area contributed by atoms with E-state index < -0.39 is 25.2 Å². The lowest BCUT2D eigenvalue weighted by atomic mass is 10.2. The van der Waals surface area contributed by atoms with Gasteiger partial charge in [0.05, 0.1) is 24.9 Å². The number of halogens is 3. The molecule has 0 saturated carbocycles. The number of anilines is 1. The maximum atomic E-state index is 13.4. The minimum absolute atomic E-state index is 0.000679. The lowest BCUT2D eigenvalue weighted by molar-refractivity contribution is -0.137. The number of aryl methyl sites for hydroxylation is 1. The van der Waals surface area contributed by atoms with Crippen molar-refractivity contribution in [1.82, 2.24) is 24.7 Å². The van der Waals surface area contributed by atoms with E-state index in [1.54, 1.807) is 37.6 Å². The zero-order valence-corrected chi connectivity index (χ0v) is 25.3. The van der Waals surface area contributed by atoms with Gasteiger partial charge in [-0.25, -0.2) is 9.97 Å². The highest BCUT2D eigenvalue weighted by Crippen LogP contribution is 2.52. The average molecular weight is 645 g/mol. The minimum atomic E-state index is -4.46. The van der Waals surface area contributed by atoms with E-state index in [2.05, 4.69) is 25.5 Å². The Kier molecular flexibility index (Phi) is 10.3. The molecular weight excluding hydrogens is 620 g/mol. The van der Waals surface area contributed by atoms with Crippen molar-refractivity contribution in [3.63, 3.8) is 0 Å². The molecule has 4 aromatic rings. The monoisotopic (exact) mass is 644 g/mol. The zero-order valence-electron chi connectivity index (χ0n) is 21.9. The molecule has 10 nitrogen and oxygen atoms in total. The van der Waals surface area contributed by atoms with Crippen molar-refractivity contribution in [3.8, 4) is 0 Å². The van der Waals surface area contributed by atoms with Crippen molar-refractivity contribution in [1.29, 1.82) is 0 Å².